The first kappa shape index (κ1) is 13.6. The molecule has 19 heavy (non-hydrogen) atoms. The number of rotatable bonds is 5. The minimum atomic E-state index is -0.949. The van der Waals surface area contributed by atoms with Gasteiger partial charge in [0, 0.05) is 24.7 Å². The smallest absolute Gasteiger partial charge is 0.338 e. The number of nitrogens with zero attached hydrogens (tertiary/aromatic N) is 3. The second-order valence-corrected chi connectivity index (χ2v) is 5.02. The molecule has 0 atom stereocenters. The number of aryl methyl sites for hydroxylation is 2. The summed E-state index contributed by atoms with van der Waals surface area (Å²) < 4.78 is 1.83. The fourth-order valence-corrected chi connectivity index (χ4v) is 2.69. The SMILES string of the molecule is CCc1cc(CSc2ncccc2C(=O)O)n(C)n1. The maximum absolute atomic E-state index is 11.1. The fourth-order valence-electron chi connectivity index (χ4n) is 1.69. The predicted octanol–water partition coefficient (Wildman–Crippen LogP) is 2.37. The maximum Gasteiger partial charge on any atom is 0.338 e. The van der Waals surface area contributed by atoms with E-state index in [1.807, 2.05) is 17.8 Å². The van der Waals surface area contributed by atoms with Crippen molar-refractivity contribution in [2.24, 2.45) is 7.05 Å². The van der Waals surface area contributed by atoms with Crippen molar-refractivity contribution in [3.05, 3.63) is 41.3 Å². The van der Waals surface area contributed by atoms with Crippen molar-refractivity contribution in [2.75, 3.05) is 0 Å². The number of carboxylic acids is 1. The Morgan fingerprint density at radius 2 is 2.32 bits per heavy atom. The molecule has 0 radical (unpaired) electrons. The van der Waals surface area contributed by atoms with Crippen LogP contribution in [0.1, 0.15) is 28.7 Å². The standard InChI is InChI=1S/C13H15N3O2S/c1-3-9-7-10(16(2)15-9)8-19-12-11(13(17)18)5-4-6-14-12/h4-7H,3,8H2,1-2H3,(H,17,18). The third kappa shape index (κ3) is 3.14. The average Bonchev–Trinajstić information content (AvgIpc) is 2.77. The molecular formula is C13H15N3O2S. The molecule has 2 aromatic heterocycles. The van der Waals surface area contributed by atoms with Crippen LogP contribution in [0.25, 0.3) is 0 Å². The fraction of sp³-hybridized carbons (Fsp3) is 0.308. The third-order valence-corrected chi connectivity index (χ3v) is 3.79. The number of hydrogen-bond donors (Lipinski definition) is 1. The van der Waals surface area contributed by atoms with Crippen molar-refractivity contribution in [3.8, 4) is 0 Å². The molecule has 0 unspecified atom stereocenters. The quantitative estimate of drug-likeness (QED) is 0.850. The molecule has 0 amide bonds. The minimum Gasteiger partial charge on any atom is -0.478 e. The van der Waals surface area contributed by atoms with Crippen LogP contribution in [0.2, 0.25) is 0 Å². The van der Waals surface area contributed by atoms with E-state index in [-0.39, 0.29) is 5.56 Å². The molecule has 0 aliphatic rings. The zero-order chi connectivity index (χ0) is 13.8. The number of aromatic nitrogens is 3. The van der Waals surface area contributed by atoms with E-state index in [4.69, 9.17) is 5.11 Å². The van der Waals surface area contributed by atoms with E-state index >= 15 is 0 Å². The average molecular weight is 277 g/mol. The van der Waals surface area contributed by atoms with Gasteiger partial charge in [0.1, 0.15) is 5.03 Å². The number of pyridine rings is 1. The molecule has 0 aromatic carbocycles. The monoisotopic (exact) mass is 277 g/mol. The number of thioether (sulfide) groups is 1. The molecule has 2 aromatic rings. The summed E-state index contributed by atoms with van der Waals surface area (Å²) >= 11 is 1.41. The van der Waals surface area contributed by atoms with Crippen LogP contribution in [0.5, 0.6) is 0 Å². The van der Waals surface area contributed by atoms with Crippen LogP contribution < -0.4 is 0 Å². The van der Waals surface area contributed by atoms with E-state index in [0.717, 1.165) is 17.8 Å². The highest BCUT2D eigenvalue weighted by Crippen LogP contribution is 2.24. The van der Waals surface area contributed by atoms with Gasteiger partial charge in [0.15, 0.2) is 0 Å². The number of hydrogen-bond acceptors (Lipinski definition) is 4. The minimum absolute atomic E-state index is 0.241. The Bertz CT molecular complexity index is 595. The number of carboxylic acid groups (broad SMARTS) is 1. The molecule has 5 nitrogen and oxygen atoms in total. The van der Waals surface area contributed by atoms with Gasteiger partial charge in [-0.2, -0.15) is 5.10 Å². The van der Waals surface area contributed by atoms with Gasteiger partial charge in [-0.25, -0.2) is 9.78 Å². The zero-order valence-electron chi connectivity index (χ0n) is 10.8. The van der Waals surface area contributed by atoms with E-state index in [2.05, 4.69) is 17.0 Å². The van der Waals surface area contributed by atoms with Gasteiger partial charge in [-0.05, 0) is 24.6 Å². The van der Waals surface area contributed by atoms with E-state index in [1.165, 1.54) is 11.8 Å². The largest absolute Gasteiger partial charge is 0.478 e. The molecule has 0 bridgehead atoms. The van der Waals surface area contributed by atoms with Gasteiger partial charge in [-0.15, -0.1) is 0 Å². The Hall–Kier alpha value is -1.82. The van der Waals surface area contributed by atoms with Gasteiger partial charge >= 0.3 is 5.97 Å². The van der Waals surface area contributed by atoms with Crippen molar-refractivity contribution in [1.29, 1.82) is 0 Å². The first-order chi connectivity index (χ1) is 9.11. The van der Waals surface area contributed by atoms with Gasteiger partial charge in [-0.1, -0.05) is 18.7 Å². The molecule has 0 fully saturated rings. The third-order valence-electron chi connectivity index (χ3n) is 2.75. The van der Waals surface area contributed by atoms with Crippen molar-refractivity contribution in [1.82, 2.24) is 14.8 Å². The molecule has 0 saturated carbocycles. The zero-order valence-corrected chi connectivity index (χ0v) is 11.6. The van der Waals surface area contributed by atoms with E-state index in [1.54, 1.807) is 18.3 Å². The Morgan fingerprint density at radius 1 is 1.53 bits per heavy atom. The summed E-state index contributed by atoms with van der Waals surface area (Å²) in [4.78, 5) is 15.2. The molecular weight excluding hydrogens is 262 g/mol. The lowest BCUT2D eigenvalue weighted by atomic mass is 10.3. The lowest BCUT2D eigenvalue weighted by Crippen LogP contribution is -2.01. The van der Waals surface area contributed by atoms with E-state index in [9.17, 15) is 4.79 Å². The van der Waals surface area contributed by atoms with Gasteiger partial charge in [0.2, 0.25) is 0 Å². The number of carbonyl (C=O) groups is 1. The maximum atomic E-state index is 11.1. The first-order valence-electron chi connectivity index (χ1n) is 5.94. The molecule has 0 aliphatic carbocycles. The van der Waals surface area contributed by atoms with Gasteiger partial charge in [0.05, 0.1) is 11.3 Å². The van der Waals surface area contributed by atoms with Crippen molar-refractivity contribution in [2.45, 2.75) is 24.1 Å². The summed E-state index contributed by atoms with van der Waals surface area (Å²) in [6.07, 6.45) is 2.50. The molecule has 2 heterocycles. The molecule has 1 N–H and O–H groups in total. The van der Waals surface area contributed by atoms with Crippen LogP contribution >= 0.6 is 11.8 Å². The van der Waals surface area contributed by atoms with Crippen LogP contribution in [0.4, 0.5) is 0 Å². The first-order valence-corrected chi connectivity index (χ1v) is 6.93. The van der Waals surface area contributed by atoms with Crippen molar-refractivity contribution >= 4 is 17.7 Å². The highest BCUT2D eigenvalue weighted by atomic mass is 32.2. The summed E-state index contributed by atoms with van der Waals surface area (Å²) in [5.41, 5.74) is 2.34. The van der Waals surface area contributed by atoms with E-state index < -0.39 is 5.97 Å². The summed E-state index contributed by atoms with van der Waals surface area (Å²) in [7, 11) is 1.89. The molecule has 0 saturated heterocycles. The van der Waals surface area contributed by atoms with Crippen LogP contribution in [0.3, 0.4) is 0 Å². The predicted molar refractivity (Wildman–Crippen MR) is 73.3 cm³/mol. The lowest BCUT2D eigenvalue weighted by Gasteiger charge is -2.04. The van der Waals surface area contributed by atoms with Crippen LogP contribution in [-0.4, -0.2) is 25.8 Å². The summed E-state index contributed by atoms with van der Waals surface area (Å²) in [6, 6.07) is 5.24. The number of aromatic carboxylic acids is 1. The second-order valence-electron chi connectivity index (χ2n) is 4.05. The second kappa shape index (κ2) is 5.88. The molecule has 2 rings (SSSR count). The molecule has 0 spiro atoms. The van der Waals surface area contributed by atoms with Gasteiger partial charge in [-0.3, -0.25) is 4.68 Å². The summed E-state index contributed by atoms with van der Waals surface area (Å²) in [5, 5.41) is 14.0. The molecule has 0 aliphatic heterocycles. The molecule has 6 heteroatoms. The Morgan fingerprint density at radius 3 is 2.95 bits per heavy atom. The molecule has 100 valence electrons. The Labute approximate surface area is 115 Å². The normalized spacial score (nSPS) is 10.6. The van der Waals surface area contributed by atoms with Gasteiger partial charge in [0.25, 0.3) is 0 Å². The highest BCUT2D eigenvalue weighted by Gasteiger charge is 2.12. The summed E-state index contributed by atoms with van der Waals surface area (Å²) in [5.74, 6) is -0.296. The Kier molecular flexibility index (Phi) is 4.21. The van der Waals surface area contributed by atoms with Crippen LogP contribution in [0.15, 0.2) is 29.4 Å². The highest BCUT2D eigenvalue weighted by molar-refractivity contribution is 7.98. The Balaban J connectivity index is 2.14. The van der Waals surface area contributed by atoms with E-state index in [0.29, 0.717) is 10.8 Å². The lowest BCUT2D eigenvalue weighted by molar-refractivity contribution is 0.0692. The van der Waals surface area contributed by atoms with Crippen LogP contribution in [-0.2, 0) is 19.2 Å². The van der Waals surface area contributed by atoms with Crippen LogP contribution in [0, 0.1) is 0 Å². The topological polar surface area (TPSA) is 68.0 Å². The van der Waals surface area contributed by atoms with Crippen molar-refractivity contribution in [3.63, 3.8) is 0 Å². The van der Waals surface area contributed by atoms with Gasteiger partial charge < -0.3 is 5.11 Å². The summed E-state index contributed by atoms with van der Waals surface area (Å²) in [6.45, 7) is 2.06. The van der Waals surface area contributed by atoms with Crippen molar-refractivity contribution < 1.29 is 9.90 Å².